The van der Waals surface area contributed by atoms with Crippen molar-refractivity contribution in [3.63, 3.8) is 0 Å². The third kappa shape index (κ3) is 5.42. The van der Waals surface area contributed by atoms with E-state index in [0.717, 1.165) is 44.9 Å². The highest BCUT2D eigenvalue weighted by atomic mass is 16.7. The quantitative estimate of drug-likeness (QED) is 0.500. The molecule has 2 heterocycles. The molecule has 0 aromatic heterocycles. The number of nitrogens with zero attached hydrogens (tertiary/aromatic N) is 2. The van der Waals surface area contributed by atoms with Crippen molar-refractivity contribution in [1.29, 1.82) is 0 Å². The van der Waals surface area contributed by atoms with Gasteiger partial charge >= 0.3 is 11.8 Å². The van der Waals surface area contributed by atoms with Crippen molar-refractivity contribution in [1.82, 2.24) is 10.2 Å². The molecule has 2 aliphatic rings. The van der Waals surface area contributed by atoms with Gasteiger partial charge in [0, 0.05) is 50.2 Å². The van der Waals surface area contributed by atoms with Crippen molar-refractivity contribution < 1.29 is 23.8 Å². The van der Waals surface area contributed by atoms with E-state index in [1.165, 1.54) is 5.69 Å². The second kappa shape index (κ2) is 10.2. The predicted octanol–water partition coefficient (Wildman–Crippen LogP) is 1.69. The number of amides is 2. The Morgan fingerprint density at radius 1 is 0.969 bits per heavy atom. The highest BCUT2D eigenvalue weighted by Crippen LogP contribution is 2.34. The number of hydrogen-bond donors (Lipinski definition) is 2. The Labute approximate surface area is 187 Å². The van der Waals surface area contributed by atoms with Crippen molar-refractivity contribution in [3.05, 3.63) is 42.5 Å². The molecule has 2 N–H and O–H groups in total. The summed E-state index contributed by atoms with van der Waals surface area (Å²) < 4.78 is 15.7. The molecule has 0 atom stereocenters. The molecule has 0 unspecified atom stereocenters. The van der Waals surface area contributed by atoms with Gasteiger partial charge in [-0.25, -0.2) is 0 Å². The van der Waals surface area contributed by atoms with Crippen LogP contribution in [0.4, 0.5) is 11.4 Å². The van der Waals surface area contributed by atoms with Gasteiger partial charge in [0.05, 0.1) is 7.11 Å². The average Bonchev–Trinajstić information content (AvgIpc) is 3.30. The van der Waals surface area contributed by atoms with Crippen LogP contribution in [-0.4, -0.2) is 69.9 Å². The first-order chi connectivity index (χ1) is 15.6. The van der Waals surface area contributed by atoms with Crippen LogP contribution in [0.2, 0.25) is 0 Å². The maximum Gasteiger partial charge on any atom is 0.313 e. The summed E-state index contributed by atoms with van der Waals surface area (Å²) in [6.45, 7) is 5.32. The SMILES string of the molecule is COc1ccc(N2CCN(CCCNC(=O)C(=O)Nc3ccc4c(c3)OCO4)CC2)cc1. The van der Waals surface area contributed by atoms with E-state index in [0.29, 0.717) is 23.7 Å². The first kappa shape index (κ1) is 21.8. The Kier molecular flexibility index (Phi) is 6.96. The van der Waals surface area contributed by atoms with Gasteiger partial charge < -0.3 is 29.7 Å². The molecule has 32 heavy (non-hydrogen) atoms. The second-order valence-corrected chi connectivity index (χ2v) is 7.66. The van der Waals surface area contributed by atoms with Crippen LogP contribution in [0.1, 0.15) is 6.42 Å². The Morgan fingerprint density at radius 2 is 1.72 bits per heavy atom. The number of methoxy groups -OCH3 is 1. The van der Waals surface area contributed by atoms with Crippen molar-refractivity contribution in [3.8, 4) is 17.2 Å². The van der Waals surface area contributed by atoms with Gasteiger partial charge in [-0.3, -0.25) is 14.5 Å². The van der Waals surface area contributed by atoms with Gasteiger partial charge in [0.15, 0.2) is 11.5 Å². The van der Waals surface area contributed by atoms with E-state index in [-0.39, 0.29) is 6.79 Å². The standard InChI is InChI=1S/C23H28N4O5/c1-30-19-6-4-18(5-7-19)27-13-11-26(12-14-27)10-2-9-24-22(28)23(29)25-17-3-8-20-21(15-17)32-16-31-20/h3-8,15H,2,9-14,16H2,1H3,(H,24,28)(H,25,29). The van der Waals surface area contributed by atoms with Crippen LogP contribution in [0.5, 0.6) is 17.2 Å². The molecular formula is C23H28N4O5. The summed E-state index contributed by atoms with van der Waals surface area (Å²) in [6, 6.07) is 13.1. The lowest BCUT2D eigenvalue weighted by atomic mass is 10.2. The molecule has 170 valence electrons. The highest BCUT2D eigenvalue weighted by Gasteiger charge is 2.19. The normalized spacial score (nSPS) is 15.3. The molecule has 2 aromatic rings. The van der Waals surface area contributed by atoms with Crippen molar-refractivity contribution in [2.75, 3.05) is 63.4 Å². The maximum absolute atomic E-state index is 12.1. The molecule has 0 radical (unpaired) electrons. The number of hydrogen-bond acceptors (Lipinski definition) is 7. The average molecular weight is 441 g/mol. The zero-order valence-corrected chi connectivity index (χ0v) is 18.1. The number of benzene rings is 2. The largest absolute Gasteiger partial charge is 0.497 e. The van der Waals surface area contributed by atoms with E-state index >= 15 is 0 Å². The first-order valence-corrected chi connectivity index (χ1v) is 10.7. The van der Waals surface area contributed by atoms with Gasteiger partial charge in [-0.2, -0.15) is 0 Å². The summed E-state index contributed by atoms with van der Waals surface area (Å²) in [6.07, 6.45) is 0.783. The lowest BCUT2D eigenvalue weighted by Crippen LogP contribution is -2.47. The van der Waals surface area contributed by atoms with Crippen LogP contribution in [0, 0.1) is 0 Å². The van der Waals surface area contributed by atoms with Crippen LogP contribution < -0.4 is 29.7 Å². The minimum absolute atomic E-state index is 0.156. The molecule has 1 saturated heterocycles. The predicted molar refractivity (Wildman–Crippen MR) is 120 cm³/mol. The fourth-order valence-electron chi connectivity index (χ4n) is 3.77. The number of carbonyl (C=O) groups is 2. The summed E-state index contributed by atoms with van der Waals surface area (Å²) >= 11 is 0. The van der Waals surface area contributed by atoms with Gasteiger partial charge in [0.25, 0.3) is 0 Å². The highest BCUT2D eigenvalue weighted by molar-refractivity contribution is 6.39. The molecule has 0 saturated carbocycles. The first-order valence-electron chi connectivity index (χ1n) is 10.7. The fourth-order valence-corrected chi connectivity index (χ4v) is 3.77. The van der Waals surface area contributed by atoms with Crippen molar-refractivity contribution in [2.24, 2.45) is 0 Å². The molecule has 2 aliphatic heterocycles. The number of nitrogens with one attached hydrogen (secondary N) is 2. The lowest BCUT2D eigenvalue weighted by molar-refractivity contribution is -0.136. The topological polar surface area (TPSA) is 92.4 Å². The molecule has 1 fully saturated rings. The number of fused-ring (bicyclic) bond motifs is 1. The van der Waals surface area contributed by atoms with Gasteiger partial charge in [0.1, 0.15) is 5.75 Å². The summed E-state index contributed by atoms with van der Waals surface area (Å²) in [5.74, 6) is 0.690. The van der Waals surface area contributed by atoms with E-state index < -0.39 is 11.8 Å². The molecule has 9 heteroatoms. The Morgan fingerprint density at radius 3 is 2.47 bits per heavy atom. The second-order valence-electron chi connectivity index (χ2n) is 7.66. The molecule has 2 amide bonds. The minimum atomic E-state index is -0.697. The summed E-state index contributed by atoms with van der Waals surface area (Å²) in [5, 5.41) is 5.26. The number of piperazine rings is 1. The molecular weight excluding hydrogens is 412 g/mol. The minimum Gasteiger partial charge on any atom is -0.497 e. The smallest absolute Gasteiger partial charge is 0.313 e. The van der Waals surface area contributed by atoms with Crippen LogP contribution in [0.15, 0.2) is 42.5 Å². The zero-order chi connectivity index (χ0) is 22.3. The van der Waals surface area contributed by atoms with Crippen molar-refractivity contribution in [2.45, 2.75) is 6.42 Å². The molecule has 2 aromatic carbocycles. The molecule has 4 rings (SSSR count). The Hall–Kier alpha value is -3.46. The number of carbonyl (C=O) groups excluding carboxylic acids is 2. The fraction of sp³-hybridized carbons (Fsp3) is 0.391. The number of ether oxygens (including phenoxy) is 3. The Bertz CT molecular complexity index is 942. The van der Waals surface area contributed by atoms with Crippen LogP contribution in [0.25, 0.3) is 0 Å². The van der Waals surface area contributed by atoms with Gasteiger partial charge in [-0.05, 0) is 49.4 Å². The van der Waals surface area contributed by atoms with E-state index in [1.54, 1.807) is 25.3 Å². The van der Waals surface area contributed by atoms with E-state index in [9.17, 15) is 9.59 Å². The molecule has 9 nitrogen and oxygen atoms in total. The molecule has 0 bridgehead atoms. The Balaban J connectivity index is 1.12. The lowest BCUT2D eigenvalue weighted by Gasteiger charge is -2.36. The molecule has 0 spiro atoms. The van der Waals surface area contributed by atoms with Crippen LogP contribution >= 0.6 is 0 Å². The zero-order valence-electron chi connectivity index (χ0n) is 18.1. The van der Waals surface area contributed by atoms with E-state index in [1.807, 2.05) is 12.1 Å². The summed E-state index contributed by atoms with van der Waals surface area (Å²) in [4.78, 5) is 28.9. The van der Waals surface area contributed by atoms with E-state index in [2.05, 4.69) is 32.6 Å². The molecule has 0 aliphatic carbocycles. The maximum atomic E-state index is 12.1. The van der Waals surface area contributed by atoms with Gasteiger partial charge in [-0.1, -0.05) is 0 Å². The number of rotatable bonds is 7. The van der Waals surface area contributed by atoms with Crippen molar-refractivity contribution >= 4 is 23.2 Å². The van der Waals surface area contributed by atoms with Crippen LogP contribution in [-0.2, 0) is 9.59 Å². The van der Waals surface area contributed by atoms with Gasteiger partial charge in [0.2, 0.25) is 6.79 Å². The third-order valence-electron chi connectivity index (χ3n) is 5.58. The number of anilines is 2. The summed E-state index contributed by atoms with van der Waals surface area (Å²) in [7, 11) is 1.67. The van der Waals surface area contributed by atoms with E-state index in [4.69, 9.17) is 14.2 Å². The van der Waals surface area contributed by atoms with Gasteiger partial charge in [-0.15, -0.1) is 0 Å². The summed E-state index contributed by atoms with van der Waals surface area (Å²) in [5.41, 5.74) is 1.69. The monoisotopic (exact) mass is 440 g/mol. The third-order valence-corrected chi connectivity index (χ3v) is 5.58. The van der Waals surface area contributed by atoms with Crippen LogP contribution in [0.3, 0.4) is 0 Å².